The number of aromatic nitrogens is 1. The Morgan fingerprint density at radius 2 is 2.33 bits per heavy atom. The number of hydrogen-bond acceptors (Lipinski definition) is 3. The molecule has 0 radical (unpaired) electrons. The Morgan fingerprint density at radius 1 is 1.67 bits per heavy atom. The van der Waals surface area contributed by atoms with Gasteiger partial charge in [-0.2, -0.15) is 0 Å². The summed E-state index contributed by atoms with van der Waals surface area (Å²) in [6.45, 7) is 0. The zero-order chi connectivity index (χ0) is 6.85. The molecule has 0 spiro atoms. The van der Waals surface area contributed by atoms with Crippen molar-refractivity contribution in [3.8, 4) is 0 Å². The Bertz CT molecular complexity index is 206. The van der Waals surface area contributed by atoms with Crippen LogP contribution in [-0.4, -0.2) is 0 Å². The van der Waals surface area contributed by atoms with Crippen LogP contribution in [0.4, 0.5) is 5.82 Å². The lowest BCUT2D eigenvalue weighted by Gasteiger charge is -2.03. The second-order valence-electron chi connectivity index (χ2n) is 1.60. The number of thiol groups is 1. The van der Waals surface area contributed by atoms with Gasteiger partial charge in [-0.1, -0.05) is 0 Å². The van der Waals surface area contributed by atoms with Gasteiger partial charge >= 0.3 is 0 Å². The zero-order valence-corrected chi connectivity index (χ0v) is 5.51. The minimum absolute atomic E-state index is 0.140. The summed E-state index contributed by atoms with van der Waals surface area (Å²) in [5.41, 5.74) is 5.26. The third-order valence-electron chi connectivity index (χ3n) is 0.975. The van der Waals surface area contributed by atoms with Crippen LogP contribution in [0.25, 0.3) is 0 Å². The van der Waals surface area contributed by atoms with E-state index in [2.05, 4.69) is 12.6 Å². The maximum atomic E-state index is 10.6. The summed E-state index contributed by atoms with van der Waals surface area (Å²) < 4.78 is 0.572. The molecule has 1 aromatic rings. The second-order valence-corrected chi connectivity index (χ2v) is 2.09. The lowest BCUT2D eigenvalue weighted by molar-refractivity contribution is -0.591. The molecule has 0 saturated carbocycles. The van der Waals surface area contributed by atoms with E-state index in [-0.39, 0.29) is 5.82 Å². The third kappa shape index (κ3) is 1.08. The molecule has 0 atom stereocenters. The second kappa shape index (κ2) is 2.14. The van der Waals surface area contributed by atoms with E-state index in [4.69, 9.17) is 5.73 Å². The number of pyridine rings is 1. The monoisotopic (exact) mass is 142 g/mol. The maximum Gasteiger partial charge on any atom is 0.288 e. The molecule has 1 rings (SSSR count). The summed E-state index contributed by atoms with van der Waals surface area (Å²) in [4.78, 5) is 0.507. The molecule has 0 aromatic carbocycles. The Morgan fingerprint density at radius 3 is 2.78 bits per heavy atom. The van der Waals surface area contributed by atoms with Crippen LogP contribution < -0.4 is 10.5 Å². The minimum atomic E-state index is 0.140. The van der Waals surface area contributed by atoms with Crippen LogP contribution in [0.15, 0.2) is 23.2 Å². The van der Waals surface area contributed by atoms with Crippen LogP contribution in [0.5, 0.6) is 0 Å². The van der Waals surface area contributed by atoms with Crippen LogP contribution in [0.2, 0.25) is 0 Å². The van der Waals surface area contributed by atoms with E-state index >= 15 is 0 Å². The fourth-order valence-corrected chi connectivity index (χ4v) is 0.676. The smallest absolute Gasteiger partial charge is 0.288 e. The molecule has 0 bridgehead atoms. The van der Waals surface area contributed by atoms with Crippen molar-refractivity contribution in [2.45, 2.75) is 4.90 Å². The SMILES string of the molecule is Nc1c(S)ccc[n+]1[O-]. The van der Waals surface area contributed by atoms with Crippen LogP contribution >= 0.6 is 12.6 Å². The quantitative estimate of drug-likeness (QED) is 0.308. The standard InChI is InChI=1S/C5H6N2OS/c6-5-4(9)2-1-3-7(5)8/h1-3,9H,6H2. The van der Waals surface area contributed by atoms with E-state index in [1.807, 2.05) is 0 Å². The first-order valence-corrected chi connectivity index (χ1v) is 2.83. The molecule has 0 saturated heterocycles. The summed E-state index contributed by atoms with van der Waals surface area (Å²) in [6, 6.07) is 3.25. The Balaban J connectivity index is 3.25. The Hall–Kier alpha value is -0.900. The van der Waals surface area contributed by atoms with Gasteiger partial charge in [0.05, 0.1) is 11.1 Å². The molecule has 1 heterocycles. The van der Waals surface area contributed by atoms with Gasteiger partial charge in [0, 0.05) is 0 Å². The first kappa shape index (κ1) is 6.22. The fourth-order valence-electron chi connectivity index (χ4n) is 0.491. The molecule has 0 aliphatic heterocycles. The highest BCUT2D eigenvalue weighted by molar-refractivity contribution is 7.80. The van der Waals surface area contributed by atoms with E-state index in [0.717, 1.165) is 0 Å². The molecule has 1 aromatic heterocycles. The van der Waals surface area contributed by atoms with Gasteiger partial charge in [0.15, 0.2) is 0 Å². The lowest BCUT2D eigenvalue weighted by atomic mass is 10.5. The lowest BCUT2D eigenvalue weighted by Crippen LogP contribution is -2.29. The van der Waals surface area contributed by atoms with Gasteiger partial charge in [-0.25, -0.2) is 4.73 Å². The minimum Gasteiger partial charge on any atom is -0.711 e. The van der Waals surface area contributed by atoms with Crippen LogP contribution in [0.3, 0.4) is 0 Å². The van der Waals surface area contributed by atoms with Crippen molar-refractivity contribution in [2.75, 3.05) is 5.73 Å². The number of rotatable bonds is 0. The maximum absolute atomic E-state index is 10.6. The molecular formula is C5H6N2OS. The Kier molecular flexibility index (Phi) is 1.48. The molecule has 9 heavy (non-hydrogen) atoms. The molecule has 3 nitrogen and oxygen atoms in total. The van der Waals surface area contributed by atoms with Gasteiger partial charge in [-0.3, -0.25) is 5.73 Å². The van der Waals surface area contributed by atoms with Gasteiger partial charge in [-0.05, 0) is 12.1 Å². The molecule has 4 heteroatoms. The number of nitrogens with two attached hydrogens (primary N) is 1. The average Bonchev–Trinajstić information content (AvgIpc) is 1.83. The largest absolute Gasteiger partial charge is 0.711 e. The van der Waals surface area contributed by atoms with Crippen LogP contribution in [-0.2, 0) is 0 Å². The van der Waals surface area contributed by atoms with Gasteiger partial charge in [-0.15, -0.1) is 12.6 Å². The predicted molar refractivity (Wildman–Crippen MR) is 37.1 cm³/mol. The summed E-state index contributed by atoms with van der Waals surface area (Å²) in [5.74, 6) is 0.140. The number of anilines is 1. The van der Waals surface area contributed by atoms with E-state index in [9.17, 15) is 5.21 Å². The molecule has 48 valence electrons. The molecule has 0 amide bonds. The highest BCUT2D eigenvalue weighted by Gasteiger charge is 1.98. The van der Waals surface area contributed by atoms with Crippen molar-refractivity contribution < 1.29 is 4.73 Å². The first-order chi connectivity index (χ1) is 4.22. The van der Waals surface area contributed by atoms with Crippen molar-refractivity contribution in [1.29, 1.82) is 0 Å². The topological polar surface area (TPSA) is 53.0 Å². The average molecular weight is 142 g/mol. The van der Waals surface area contributed by atoms with E-state index in [1.54, 1.807) is 12.1 Å². The summed E-state index contributed by atoms with van der Waals surface area (Å²) >= 11 is 3.92. The molecule has 0 fully saturated rings. The van der Waals surface area contributed by atoms with E-state index < -0.39 is 0 Å². The van der Waals surface area contributed by atoms with Crippen molar-refractivity contribution >= 4 is 18.4 Å². The van der Waals surface area contributed by atoms with Crippen molar-refractivity contribution in [3.63, 3.8) is 0 Å². The Labute approximate surface area is 58.1 Å². The third-order valence-corrected chi connectivity index (χ3v) is 1.35. The van der Waals surface area contributed by atoms with Crippen molar-refractivity contribution in [3.05, 3.63) is 23.5 Å². The molecule has 0 aliphatic carbocycles. The van der Waals surface area contributed by atoms with Gasteiger partial charge < -0.3 is 5.21 Å². The normalized spacial score (nSPS) is 9.44. The predicted octanol–water partition coefficient (Wildman–Crippen LogP) is 0.191. The molecule has 2 N–H and O–H groups in total. The first-order valence-electron chi connectivity index (χ1n) is 2.38. The highest BCUT2D eigenvalue weighted by Crippen LogP contribution is 2.08. The van der Waals surface area contributed by atoms with Crippen LogP contribution in [0, 0.1) is 5.21 Å². The van der Waals surface area contributed by atoms with Crippen LogP contribution in [0.1, 0.15) is 0 Å². The van der Waals surface area contributed by atoms with Gasteiger partial charge in [0.2, 0.25) is 0 Å². The fraction of sp³-hybridized carbons (Fsp3) is 0. The zero-order valence-electron chi connectivity index (χ0n) is 4.61. The summed E-state index contributed by atoms with van der Waals surface area (Å²) in [5, 5.41) is 10.6. The van der Waals surface area contributed by atoms with E-state index in [0.29, 0.717) is 9.63 Å². The van der Waals surface area contributed by atoms with E-state index in [1.165, 1.54) is 6.20 Å². The number of hydrogen-bond donors (Lipinski definition) is 2. The number of nitrogen functional groups attached to an aromatic ring is 1. The van der Waals surface area contributed by atoms with Crippen molar-refractivity contribution in [1.82, 2.24) is 0 Å². The van der Waals surface area contributed by atoms with Gasteiger partial charge in [0.1, 0.15) is 0 Å². The summed E-state index contributed by atoms with van der Waals surface area (Å²) in [6.07, 6.45) is 1.33. The summed E-state index contributed by atoms with van der Waals surface area (Å²) in [7, 11) is 0. The molecular weight excluding hydrogens is 136 g/mol. The van der Waals surface area contributed by atoms with Gasteiger partial charge in [0.25, 0.3) is 5.82 Å². The van der Waals surface area contributed by atoms with Crippen molar-refractivity contribution in [2.24, 2.45) is 0 Å². The molecule has 0 unspecified atom stereocenters. The highest BCUT2D eigenvalue weighted by atomic mass is 32.1. The molecule has 0 aliphatic rings. The number of nitrogens with zero attached hydrogens (tertiary/aromatic N) is 1.